The second-order valence-corrected chi connectivity index (χ2v) is 7.73. The molecule has 4 rings (SSSR count). The molecule has 0 unspecified atom stereocenters. The Kier molecular flexibility index (Phi) is 8.03. The van der Waals surface area contributed by atoms with Gasteiger partial charge in [-0.3, -0.25) is 23.7 Å². The number of aliphatic hydroxyl groups excluding tert-OH is 6. The summed E-state index contributed by atoms with van der Waals surface area (Å²) < 4.78 is 12.5. The van der Waals surface area contributed by atoms with Crippen molar-refractivity contribution >= 4 is 11.7 Å². The van der Waals surface area contributed by atoms with Gasteiger partial charge in [0.1, 0.15) is 42.4 Å². The first-order valence-corrected chi connectivity index (χ1v) is 10.2. The number of hydrogen-bond acceptors (Lipinski definition) is 13. The molecule has 4 heterocycles. The third kappa shape index (κ3) is 5.11. The highest BCUT2D eigenvalue weighted by Crippen LogP contribution is 2.31. The number of carbonyl (C=O) groups excluding carboxylic acids is 1. The zero-order valence-electron chi connectivity index (χ0n) is 18.0. The Bertz CT molecular complexity index is 1150. The Labute approximate surface area is 195 Å². The van der Waals surface area contributed by atoms with Gasteiger partial charge in [-0.05, 0) is 0 Å². The highest BCUT2D eigenvalue weighted by molar-refractivity contribution is 5.95. The van der Waals surface area contributed by atoms with Crippen molar-refractivity contribution in [2.45, 2.75) is 49.1 Å². The SMILES string of the molecule is NC(=O)c1ncn([C@@H]2O[C@H](CO)[C@@H](O)[C@H]2O)c1N.O=c1ccn([C@@H]2O[C@H](CO)[C@@H](O)[C@H]2O)c(=O)[nH]1. The first kappa shape index (κ1) is 26.4. The third-order valence-corrected chi connectivity index (χ3v) is 5.50. The van der Waals surface area contributed by atoms with Crippen molar-refractivity contribution in [2.24, 2.45) is 5.73 Å². The van der Waals surface area contributed by atoms with E-state index in [0.717, 1.165) is 16.8 Å². The maximum atomic E-state index is 11.4. The average Bonchev–Trinajstić information content (AvgIpc) is 3.43. The summed E-state index contributed by atoms with van der Waals surface area (Å²) in [6.45, 7) is -0.932. The van der Waals surface area contributed by atoms with Gasteiger partial charge >= 0.3 is 5.69 Å². The van der Waals surface area contributed by atoms with Crippen LogP contribution in [0, 0.1) is 0 Å². The first-order valence-electron chi connectivity index (χ1n) is 10.2. The lowest BCUT2D eigenvalue weighted by Crippen LogP contribution is -2.37. The number of rotatable bonds is 5. The number of aromatic nitrogens is 4. The van der Waals surface area contributed by atoms with Crippen molar-refractivity contribution in [1.29, 1.82) is 0 Å². The molecular weight excluding hydrogens is 476 g/mol. The number of hydrogen-bond donors (Lipinski definition) is 9. The molecule has 2 aliphatic rings. The standard InChI is InChI=1S/C9H14N4O5.C9H12N2O6/c10-7-4(8(11)17)12-2-13(7)9-6(16)5(15)3(1-14)18-9;12-3-4-6(14)7(15)8(17-4)11-2-1-5(13)10-9(11)16/h2-3,5-6,9,14-16H,1,10H2,(H2,11,17);1-2,4,6-8,12,14-15H,3H2,(H,10,13,16)/t3-,5-,6-,9-;4-,6-,7-,8-/m11/s1. The van der Waals surface area contributed by atoms with Crippen LogP contribution in [0.3, 0.4) is 0 Å². The summed E-state index contributed by atoms with van der Waals surface area (Å²) in [6, 6.07) is 1.09. The maximum Gasteiger partial charge on any atom is 0.330 e. The minimum atomic E-state index is -1.35. The number of aromatic amines is 1. The molecule has 194 valence electrons. The maximum absolute atomic E-state index is 11.4. The number of H-pyrrole nitrogens is 1. The minimum Gasteiger partial charge on any atom is -0.394 e. The van der Waals surface area contributed by atoms with Crippen molar-refractivity contribution in [3.8, 4) is 0 Å². The summed E-state index contributed by atoms with van der Waals surface area (Å²) in [7, 11) is 0. The summed E-state index contributed by atoms with van der Waals surface area (Å²) in [5, 5.41) is 56.4. The van der Waals surface area contributed by atoms with Gasteiger partial charge in [0.2, 0.25) is 0 Å². The van der Waals surface area contributed by atoms with E-state index in [9.17, 15) is 34.8 Å². The van der Waals surface area contributed by atoms with Crippen LogP contribution in [-0.4, -0.2) is 105 Å². The highest BCUT2D eigenvalue weighted by atomic mass is 16.6. The van der Waals surface area contributed by atoms with Crippen LogP contribution in [0.5, 0.6) is 0 Å². The molecule has 2 fully saturated rings. The van der Waals surface area contributed by atoms with Crippen LogP contribution in [0.25, 0.3) is 0 Å². The van der Waals surface area contributed by atoms with Crippen molar-refractivity contribution in [3.05, 3.63) is 45.1 Å². The molecule has 11 N–H and O–H groups in total. The van der Waals surface area contributed by atoms with Crippen molar-refractivity contribution in [3.63, 3.8) is 0 Å². The minimum absolute atomic E-state index is 0.0719. The van der Waals surface area contributed by atoms with Gasteiger partial charge in [0, 0.05) is 12.3 Å². The fourth-order valence-electron chi connectivity index (χ4n) is 3.61. The number of nitrogens with zero attached hydrogens (tertiary/aromatic N) is 3. The van der Waals surface area contributed by atoms with Crippen LogP contribution in [0.2, 0.25) is 0 Å². The Hall–Kier alpha value is -3.16. The monoisotopic (exact) mass is 502 g/mol. The van der Waals surface area contributed by atoms with E-state index in [1.165, 1.54) is 10.9 Å². The second kappa shape index (κ2) is 10.6. The summed E-state index contributed by atoms with van der Waals surface area (Å²) in [6.07, 6.45) is -6.91. The van der Waals surface area contributed by atoms with Crippen molar-refractivity contribution < 1.29 is 44.9 Å². The smallest absolute Gasteiger partial charge is 0.330 e. The predicted molar refractivity (Wildman–Crippen MR) is 112 cm³/mol. The zero-order chi connectivity index (χ0) is 26.0. The fraction of sp³-hybridized carbons (Fsp3) is 0.556. The summed E-state index contributed by atoms with van der Waals surface area (Å²) >= 11 is 0. The van der Waals surface area contributed by atoms with Gasteiger partial charge in [0.05, 0.1) is 19.5 Å². The molecule has 0 saturated carbocycles. The number of anilines is 1. The third-order valence-electron chi connectivity index (χ3n) is 5.50. The topological polar surface area (TPSA) is 282 Å². The lowest BCUT2D eigenvalue weighted by molar-refractivity contribution is -0.0550. The number of ether oxygens (including phenoxy) is 2. The van der Waals surface area contributed by atoms with E-state index in [4.69, 9.17) is 31.2 Å². The van der Waals surface area contributed by atoms with E-state index in [-0.39, 0.29) is 11.5 Å². The molecule has 0 bridgehead atoms. The number of imidazole rings is 1. The van der Waals surface area contributed by atoms with Gasteiger partial charge in [-0.25, -0.2) is 9.78 Å². The number of carbonyl (C=O) groups is 1. The molecule has 17 nitrogen and oxygen atoms in total. The van der Waals surface area contributed by atoms with Crippen molar-refractivity contribution in [2.75, 3.05) is 18.9 Å². The highest BCUT2D eigenvalue weighted by Gasteiger charge is 2.45. The van der Waals surface area contributed by atoms with E-state index < -0.39 is 79.4 Å². The van der Waals surface area contributed by atoms with E-state index in [1.54, 1.807) is 0 Å². The Balaban J connectivity index is 0.000000196. The molecule has 35 heavy (non-hydrogen) atoms. The van der Waals surface area contributed by atoms with Gasteiger partial charge in [-0.1, -0.05) is 0 Å². The molecule has 2 saturated heterocycles. The van der Waals surface area contributed by atoms with Crippen LogP contribution in [0.15, 0.2) is 28.2 Å². The number of aliphatic hydroxyl groups is 6. The Morgan fingerprint density at radius 3 is 1.89 bits per heavy atom. The molecule has 0 radical (unpaired) electrons. The van der Waals surface area contributed by atoms with Crippen LogP contribution >= 0.6 is 0 Å². The number of nitrogens with one attached hydrogen (secondary N) is 1. The summed E-state index contributed by atoms with van der Waals surface area (Å²) in [4.78, 5) is 39.0. The van der Waals surface area contributed by atoms with Gasteiger partial charge in [-0.2, -0.15) is 0 Å². The Morgan fingerprint density at radius 1 is 0.971 bits per heavy atom. The van der Waals surface area contributed by atoms with Crippen LogP contribution < -0.4 is 22.7 Å². The molecule has 0 aliphatic carbocycles. The largest absolute Gasteiger partial charge is 0.394 e. The van der Waals surface area contributed by atoms with Crippen LogP contribution in [0.1, 0.15) is 22.9 Å². The predicted octanol–water partition coefficient (Wildman–Crippen LogP) is -5.68. The first-order chi connectivity index (χ1) is 16.5. The average molecular weight is 502 g/mol. The normalized spacial score (nSPS) is 32.3. The molecule has 0 aromatic carbocycles. The quantitative estimate of drug-likeness (QED) is 0.184. The molecule has 1 amide bonds. The Morgan fingerprint density at radius 2 is 1.49 bits per heavy atom. The van der Waals surface area contributed by atoms with Gasteiger partial charge in [0.15, 0.2) is 18.1 Å². The molecular formula is C18H26N6O11. The fourth-order valence-corrected chi connectivity index (χ4v) is 3.61. The molecule has 2 aromatic heterocycles. The van der Waals surface area contributed by atoms with Gasteiger partial charge in [-0.15, -0.1) is 0 Å². The summed E-state index contributed by atoms with van der Waals surface area (Å²) in [5.74, 6) is -0.879. The lowest BCUT2D eigenvalue weighted by Gasteiger charge is -2.17. The van der Waals surface area contributed by atoms with E-state index in [2.05, 4.69) is 4.98 Å². The lowest BCUT2D eigenvalue weighted by atomic mass is 10.1. The van der Waals surface area contributed by atoms with Crippen LogP contribution in [-0.2, 0) is 9.47 Å². The molecule has 0 spiro atoms. The van der Waals surface area contributed by atoms with Gasteiger partial charge < -0.3 is 51.6 Å². The number of primary amides is 1. The molecule has 17 heteroatoms. The molecule has 2 aliphatic heterocycles. The summed E-state index contributed by atoms with van der Waals surface area (Å²) in [5.41, 5.74) is 9.22. The number of amides is 1. The number of nitrogens with two attached hydrogens (primary N) is 2. The zero-order valence-corrected chi connectivity index (χ0v) is 18.0. The van der Waals surface area contributed by atoms with Crippen molar-refractivity contribution in [1.82, 2.24) is 19.1 Å². The van der Waals surface area contributed by atoms with Crippen LogP contribution in [0.4, 0.5) is 5.82 Å². The number of nitrogen functional groups attached to an aromatic ring is 1. The van der Waals surface area contributed by atoms with E-state index in [0.29, 0.717) is 0 Å². The van der Waals surface area contributed by atoms with E-state index >= 15 is 0 Å². The molecule has 2 aromatic rings. The molecule has 8 atom stereocenters. The van der Waals surface area contributed by atoms with E-state index in [1.807, 2.05) is 4.98 Å². The second-order valence-electron chi connectivity index (χ2n) is 7.73. The van der Waals surface area contributed by atoms with Gasteiger partial charge in [0.25, 0.3) is 11.5 Å².